The molecule has 0 saturated carbocycles. The molecule has 0 aliphatic carbocycles. The van der Waals surface area contributed by atoms with Crippen LogP contribution in [0, 0.1) is 0 Å². The monoisotopic (exact) mass is 558 g/mol. The van der Waals surface area contributed by atoms with E-state index in [1.54, 1.807) is 12.1 Å². The maximum Gasteiger partial charge on any atom is 0.308 e. The topological polar surface area (TPSA) is 147 Å². The van der Waals surface area contributed by atoms with Gasteiger partial charge in [-0.25, -0.2) is 0 Å². The molecule has 0 bridgehead atoms. The Morgan fingerprint density at radius 3 is 1.53 bits per heavy atom. The number of hydrogen-bond donors (Lipinski definition) is 0. The van der Waals surface area contributed by atoms with Gasteiger partial charge in [0.2, 0.25) is 0 Å². The van der Waals surface area contributed by atoms with Crippen LogP contribution in [0.2, 0.25) is 0 Å². The Hall–Kier alpha value is -3.16. The third kappa shape index (κ3) is 9.84. The van der Waals surface area contributed by atoms with Gasteiger partial charge in [-0.2, -0.15) is 25.3 Å². The highest BCUT2D eigenvalue weighted by Gasteiger charge is 2.15. The molecule has 0 aliphatic heterocycles. The number of carbonyl (C=O) groups is 1. The van der Waals surface area contributed by atoms with Crippen LogP contribution in [0.5, 0.6) is 17.2 Å². The lowest BCUT2D eigenvalue weighted by atomic mass is 10.1. The average molecular weight is 559 g/mol. The Morgan fingerprint density at radius 2 is 1.06 bits per heavy atom. The van der Waals surface area contributed by atoms with Gasteiger partial charge in [-0.3, -0.25) is 4.79 Å². The lowest BCUT2D eigenvalue weighted by molar-refractivity contribution is -0.110. The predicted molar refractivity (Wildman–Crippen MR) is 136 cm³/mol. The molecule has 2 aromatic carbocycles. The van der Waals surface area contributed by atoms with Crippen molar-refractivity contribution < 1.29 is 42.6 Å². The van der Waals surface area contributed by atoms with E-state index in [1.807, 2.05) is 0 Å². The Balaban J connectivity index is 2.26. The van der Waals surface area contributed by atoms with Crippen molar-refractivity contribution in [2.24, 2.45) is 0 Å². The minimum atomic E-state index is -3.90. The SMILES string of the molecule is CCS(=O)(=O)Oc1cccc(/C=C/C(=O)/C=C/c2cc(OS(=O)(=O)CC)cc(OS(=O)(=O)CC)c2)c1. The van der Waals surface area contributed by atoms with Gasteiger partial charge in [0.15, 0.2) is 5.78 Å². The number of hydrogen-bond acceptors (Lipinski definition) is 10. The minimum absolute atomic E-state index is 0.107. The number of carbonyl (C=O) groups excluding carboxylic acids is 1. The van der Waals surface area contributed by atoms with Crippen LogP contribution >= 0.6 is 0 Å². The fourth-order valence-corrected chi connectivity index (χ4v) is 4.01. The second kappa shape index (κ2) is 12.2. The summed E-state index contributed by atoms with van der Waals surface area (Å²) in [5.74, 6) is -1.52. The van der Waals surface area contributed by atoms with Crippen LogP contribution in [-0.4, -0.2) is 48.3 Å². The molecule has 0 heterocycles. The highest BCUT2D eigenvalue weighted by molar-refractivity contribution is 7.87. The summed E-state index contributed by atoms with van der Waals surface area (Å²) in [4.78, 5) is 12.3. The van der Waals surface area contributed by atoms with Crippen LogP contribution in [0.4, 0.5) is 0 Å². The van der Waals surface area contributed by atoms with Crippen LogP contribution in [0.3, 0.4) is 0 Å². The molecule has 196 valence electrons. The zero-order valence-corrected chi connectivity index (χ0v) is 22.2. The van der Waals surface area contributed by atoms with Crippen molar-refractivity contribution in [2.45, 2.75) is 20.8 Å². The van der Waals surface area contributed by atoms with Gasteiger partial charge >= 0.3 is 30.4 Å². The molecular weight excluding hydrogens is 532 g/mol. The van der Waals surface area contributed by atoms with Crippen molar-refractivity contribution in [1.29, 1.82) is 0 Å². The highest BCUT2D eigenvalue weighted by Crippen LogP contribution is 2.26. The molecule has 0 N–H and O–H groups in total. The Bertz CT molecular complexity index is 1420. The van der Waals surface area contributed by atoms with E-state index in [0.29, 0.717) is 5.56 Å². The number of rotatable bonds is 13. The molecule has 0 amide bonds. The summed E-state index contributed by atoms with van der Waals surface area (Å²) < 4.78 is 85.4. The van der Waals surface area contributed by atoms with E-state index in [9.17, 15) is 30.0 Å². The Morgan fingerprint density at radius 1 is 0.639 bits per heavy atom. The fourth-order valence-electron chi connectivity index (χ4n) is 2.49. The van der Waals surface area contributed by atoms with Crippen LogP contribution in [0.1, 0.15) is 31.9 Å². The molecular formula is C23H26O10S3. The first-order valence-corrected chi connectivity index (χ1v) is 15.4. The van der Waals surface area contributed by atoms with Gasteiger partial charge in [0.1, 0.15) is 17.2 Å². The van der Waals surface area contributed by atoms with Crippen LogP contribution in [0.25, 0.3) is 12.2 Å². The van der Waals surface area contributed by atoms with Gasteiger partial charge in [0, 0.05) is 6.07 Å². The summed E-state index contributed by atoms with van der Waals surface area (Å²) in [5, 5.41) is 0. The van der Waals surface area contributed by atoms with E-state index in [1.165, 1.54) is 69.3 Å². The Kier molecular flexibility index (Phi) is 9.85. The predicted octanol–water partition coefficient (Wildman–Crippen LogP) is 3.17. The van der Waals surface area contributed by atoms with Crippen molar-refractivity contribution in [3.63, 3.8) is 0 Å². The molecule has 0 radical (unpaired) electrons. The van der Waals surface area contributed by atoms with E-state index in [-0.39, 0.29) is 40.1 Å². The van der Waals surface area contributed by atoms with E-state index >= 15 is 0 Å². The van der Waals surface area contributed by atoms with Gasteiger partial charge in [0.05, 0.1) is 17.3 Å². The molecule has 36 heavy (non-hydrogen) atoms. The first-order valence-electron chi connectivity index (χ1n) is 10.7. The maximum absolute atomic E-state index is 12.3. The summed E-state index contributed by atoms with van der Waals surface area (Å²) in [7, 11) is -11.5. The summed E-state index contributed by atoms with van der Waals surface area (Å²) >= 11 is 0. The van der Waals surface area contributed by atoms with E-state index in [4.69, 9.17) is 12.5 Å². The van der Waals surface area contributed by atoms with Crippen molar-refractivity contribution in [2.75, 3.05) is 17.3 Å². The molecule has 2 rings (SSSR count). The second-order valence-corrected chi connectivity index (χ2v) is 12.7. The van der Waals surface area contributed by atoms with Crippen molar-refractivity contribution >= 4 is 48.3 Å². The number of allylic oxidation sites excluding steroid dienone is 2. The lowest BCUT2D eigenvalue weighted by Gasteiger charge is -2.10. The molecule has 10 nitrogen and oxygen atoms in total. The highest BCUT2D eigenvalue weighted by atomic mass is 32.2. The van der Waals surface area contributed by atoms with E-state index in [2.05, 4.69) is 0 Å². The molecule has 0 saturated heterocycles. The van der Waals surface area contributed by atoms with Gasteiger partial charge in [-0.15, -0.1) is 0 Å². The molecule has 2 aromatic rings. The number of benzene rings is 2. The van der Waals surface area contributed by atoms with Crippen LogP contribution in [0.15, 0.2) is 54.6 Å². The summed E-state index contributed by atoms with van der Waals surface area (Å²) in [6.45, 7) is 4.22. The molecule has 0 atom stereocenters. The molecule has 0 spiro atoms. The number of ketones is 1. The smallest absolute Gasteiger partial charge is 0.308 e. The quantitative estimate of drug-likeness (QED) is 0.265. The normalized spacial score (nSPS) is 12.6. The average Bonchev–Trinajstić information content (AvgIpc) is 2.80. The zero-order chi connectivity index (χ0) is 27.0. The molecule has 13 heteroatoms. The standard InChI is InChI=1S/C23H26O10S3/c1-4-34(25,26)31-21-9-7-8-18(14-21)10-12-20(24)13-11-19-15-22(32-35(27,28)5-2)17-23(16-19)33-36(29,30)6-3/h7-17H,4-6H2,1-3H3/b12-10+,13-11+. The largest absolute Gasteiger partial charge is 0.382 e. The first-order chi connectivity index (χ1) is 16.8. The molecule has 0 unspecified atom stereocenters. The second-order valence-electron chi connectivity index (χ2n) is 7.17. The van der Waals surface area contributed by atoms with Crippen molar-refractivity contribution in [3.8, 4) is 17.2 Å². The van der Waals surface area contributed by atoms with Gasteiger partial charge in [0.25, 0.3) is 0 Å². The first kappa shape index (κ1) is 29.1. The minimum Gasteiger partial charge on any atom is -0.382 e. The fraction of sp³-hybridized carbons (Fsp3) is 0.261. The summed E-state index contributed by atoms with van der Waals surface area (Å²) in [5.41, 5.74) is 0.767. The summed E-state index contributed by atoms with van der Waals surface area (Å²) in [6.07, 6.45) is 5.18. The Labute approximate surface area is 211 Å². The zero-order valence-electron chi connectivity index (χ0n) is 19.8. The summed E-state index contributed by atoms with van der Waals surface area (Å²) in [6, 6.07) is 9.87. The maximum atomic E-state index is 12.3. The van der Waals surface area contributed by atoms with Gasteiger partial charge < -0.3 is 12.5 Å². The molecule has 0 fully saturated rings. The third-order valence-corrected chi connectivity index (χ3v) is 7.83. The lowest BCUT2D eigenvalue weighted by Crippen LogP contribution is -2.13. The van der Waals surface area contributed by atoms with Gasteiger partial charge in [-0.1, -0.05) is 24.3 Å². The van der Waals surface area contributed by atoms with Crippen molar-refractivity contribution in [3.05, 3.63) is 65.7 Å². The van der Waals surface area contributed by atoms with E-state index in [0.717, 1.165) is 6.07 Å². The van der Waals surface area contributed by atoms with E-state index < -0.39 is 36.1 Å². The van der Waals surface area contributed by atoms with Crippen LogP contribution < -0.4 is 12.5 Å². The van der Waals surface area contributed by atoms with Crippen molar-refractivity contribution in [1.82, 2.24) is 0 Å². The van der Waals surface area contributed by atoms with Crippen LogP contribution in [-0.2, 0) is 35.1 Å². The molecule has 0 aliphatic rings. The molecule has 0 aromatic heterocycles. The third-order valence-electron chi connectivity index (χ3n) is 4.37. The van der Waals surface area contributed by atoms with Gasteiger partial charge in [-0.05, 0) is 68.3 Å².